The predicted octanol–water partition coefficient (Wildman–Crippen LogP) is 1.86. The molecule has 3 amide bonds. The van der Waals surface area contributed by atoms with Gasteiger partial charge < -0.3 is 19.9 Å². The fraction of sp³-hybridized carbons (Fsp3) is 0.611. The third kappa shape index (κ3) is 4.41. The van der Waals surface area contributed by atoms with Crippen molar-refractivity contribution in [2.24, 2.45) is 0 Å². The Morgan fingerprint density at radius 2 is 2.00 bits per heavy atom. The van der Waals surface area contributed by atoms with Crippen LogP contribution in [0.25, 0.3) is 0 Å². The Hall–Kier alpha value is -2.31. The number of nitrogens with one attached hydrogen (secondary N) is 1. The second-order valence-electron chi connectivity index (χ2n) is 6.55. The molecular weight excluding hydrogens is 320 g/mol. The molecule has 1 aliphatic heterocycles. The molecule has 7 nitrogen and oxygen atoms in total. The van der Waals surface area contributed by atoms with Gasteiger partial charge in [0.2, 0.25) is 5.91 Å². The van der Waals surface area contributed by atoms with E-state index in [2.05, 4.69) is 10.3 Å². The van der Waals surface area contributed by atoms with Crippen molar-refractivity contribution in [2.75, 3.05) is 27.2 Å². The van der Waals surface area contributed by atoms with Crippen molar-refractivity contribution in [3.8, 4) is 5.75 Å². The third-order valence-electron chi connectivity index (χ3n) is 4.95. The fourth-order valence-corrected chi connectivity index (χ4v) is 3.23. The molecule has 1 aromatic heterocycles. The minimum absolute atomic E-state index is 0.0674. The number of likely N-dealkylation sites (tertiary alicyclic amines) is 1. The zero-order chi connectivity index (χ0) is 18.6. The second-order valence-corrected chi connectivity index (χ2v) is 6.55. The number of aromatic nitrogens is 1. The Balaban J connectivity index is 1.89. The Bertz CT molecular complexity index is 639. The van der Waals surface area contributed by atoms with Gasteiger partial charge >= 0.3 is 6.03 Å². The van der Waals surface area contributed by atoms with Crippen LogP contribution in [0.2, 0.25) is 0 Å². The van der Waals surface area contributed by atoms with Gasteiger partial charge in [-0.2, -0.15) is 0 Å². The summed E-state index contributed by atoms with van der Waals surface area (Å²) >= 11 is 0. The van der Waals surface area contributed by atoms with E-state index in [0.717, 1.165) is 35.4 Å². The monoisotopic (exact) mass is 348 g/mol. The number of urea groups is 1. The molecule has 1 aliphatic rings. The smallest absolute Gasteiger partial charge is 0.317 e. The van der Waals surface area contributed by atoms with Crippen LogP contribution in [0.15, 0.2) is 6.20 Å². The van der Waals surface area contributed by atoms with Gasteiger partial charge in [-0.05, 0) is 26.7 Å². The molecule has 0 unspecified atom stereocenters. The van der Waals surface area contributed by atoms with Gasteiger partial charge in [0.05, 0.1) is 19.3 Å². The quantitative estimate of drug-likeness (QED) is 0.901. The normalized spacial score (nSPS) is 15.0. The first-order valence-corrected chi connectivity index (χ1v) is 8.60. The zero-order valence-corrected chi connectivity index (χ0v) is 15.8. The van der Waals surface area contributed by atoms with Crippen LogP contribution in [0.3, 0.4) is 0 Å². The fourth-order valence-electron chi connectivity index (χ4n) is 3.23. The molecule has 1 aromatic rings. The third-order valence-corrected chi connectivity index (χ3v) is 4.95. The molecular formula is C18H28N4O3. The van der Waals surface area contributed by atoms with Crippen LogP contribution in [0, 0.1) is 13.8 Å². The molecule has 25 heavy (non-hydrogen) atoms. The van der Waals surface area contributed by atoms with Crippen molar-refractivity contribution < 1.29 is 14.3 Å². The van der Waals surface area contributed by atoms with E-state index in [1.807, 2.05) is 20.9 Å². The molecule has 0 aromatic carbocycles. The van der Waals surface area contributed by atoms with Crippen molar-refractivity contribution in [3.63, 3.8) is 0 Å². The topological polar surface area (TPSA) is 74.8 Å². The summed E-state index contributed by atoms with van der Waals surface area (Å²) in [6, 6.07) is 0.122. The van der Waals surface area contributed by atoms with Crippen LogP contribution in [0.5, 0.6) is 5.75 Å². The lowest BCUT2D eigenvalue weighted by Crippen LogP contribution is -2.49. The first-order chi connectivity index (χ1) is 11.8. The van der Waals surface area contributed by atoms with Crippen molar-refractivity contribution in [1.82, 2.24) is 20.1 Å². The number of rotatable bonds is 4. The lowest BCUT2D eigenvalue weighted by atomic mass is 10.0. The Morgan fingerprint density at radius 1 is 1.36 bits per heavy atom. The highest BCUT2D eigenvalue weighted by Gasteiger charge is 2.26. The summed E-state index contributed by atoms with van der Waals surface area (Å²) < 4.78 is 5.40. The molecule has 0 spiro atoms. The molecule has 2 heterocycles. The summed E-state index contributed by atoms with van der Waals surface area (Å²) in [6.45, 7) is 7.14. The summed E-state index contributed by atoms with van der Waals surface area (Å²) in [5.41, 5.74) is 2.73. The SMILES string of the molecule is COc1c(C)cnc(CNC(=O)N2CCC(N(C)C(C)=O)CC2)c1C. The van der Waals surface area contributed by atoms with Gasteiger partial charge in [0.15, 0.2) is 0 Å². The molecule has 2 rings (SSSR count). The molecule has 1 saturated heterocycles. The zero-order valence-electron chi connectivity index (χ0n) is 15.8. The van der Waals surface area contributed by atoms with Crippen LogP contribution in [0.4, 0.5) is 4.79 Å². The minimum Gasteiger partial charge on any atom is -0.496 e. The Morgan fingerprint density at radius 3 is 2.56 bits per heavy atom. The summed E-state index contributed by atoms with van der Waals surface area (Å²) in [5.74, 6) is 0.880. The van der Waals surface area contributed by atoms with Gasteiger partial charge in [0.1, 0.15) is 5.75 Å². The van der Waals surface area contributed by atoms with Crippen molar-refractivity contribution in [2.45, 2.75) is 46.2 Å². The maximum atomic E-state index is 12.4. The van der Waals surface area contributed by atoms with Crippen LogP contribution < -0.4 is 10.1 Å². The first-order valence-electron chi connectivity index (χ1n) is 8.60. The highest BCUT2D eigenvalue weighted by Crippen LogP contribution is 2.24. The molecule has 0 atom stereocenters. The molecule has 1 N–H and O–H groups in total. The molecule has 138 valence electrons. The highest BCUT2D eigenvalue weighted by molar-refractivity contribution is 5.75. The lowest BCUT2D eigenvalue weighted by molar-refractivity contribution is -0.130. The van der Waals surface area contributed by atoms with Gasteiger partial charge in [-0.1, -0.05) is 0 Å². The van der Waals surface area contributed by atoms with E-state index in [1.54, 1.807) is 30.0 Å². The van der Waals surface area contributed by atoms with E-state index >= 15 is 0 Å². The molecule has 0 saturated carbocycles. The summed E-state index contributed by atoms with van der Waals surface area (Å²) in [7, 11) is 3.46. The van der Waals surface area contributed by atoms with Gasteiger partial charge in [0.25, 0.3) is 0 Å². The van der Waals surface area contributed by atoms with Crippen LogP contribution in [-0.4, -0.2) is 60.0 Å². The number of carbonyl (C=O) groups excluding carboxylic acids is 2. The van der Waals surface area contributed by atoms with E-state index < -0.39 is 0 Å². The number of ether oxygens (including phenoxy) is 1. The number of methoxy groups -OCH3 is 1. The maximum Gasteiger partial charge on any atom is 0.317 e. The highest BCUT2D eigenvalue weighted by atomic mass is 16.5. The van der Waals surface area contributed by atoms with Crippen molar-refractivity contribution >= 4 is 11.9 Å². The number of piperidine rings is 1. The molecule has 1 fully saturated rings. The Kier molecular flexibility index (Phi) is 6.22. The van der Waals surface area contributed by atoms with Gasteiger partial charge in [-0.25, -0.2) is 4.79 Å². The number of hydrogen-bond donors (Lipinski definition) is 1. The number of hydrogen-bond acceptors (Lipinski definition) is 4. The molecule has 0 bridgehead atoms. The second kappa shape index (κ2) is 8.18. The van der Waals surface area contributed by atoms with E-state index in [0.29, 0.717) is 19.6 Å². The van der Waals surface area contributed by atoms with E-state index in [-0.39, 0.29) is 18.0 Å². The average molecular weight is 348 g/mol. The van der Waals surface area contributed by atoms with Crippen molar-refractivity contribution in [1.29, 1.82) is 0 Å². The van der Waals surface area contributed by atoms with Gasteiger partial charge in [0, 0.05) is 50.4 Å². The number of nitrogens with zero attached hydrogens (tertiary/aromatic N) is 3. The van der Waals surface area contributed by atoms with Crippen molar-refractivity contribution in [3.05, 3.63) is 23.0 Å². The molecule has 0 aliphatic carbocycles. The molecule has 7 heteroatoms. The summed E-state index contributed by atoms with van der Waals surface area (Å²) in [6.07, 6.45) is 3.37. The number of amides is 3. The lowest BCUT2D eigenvalue weighted by Gasteiger charge is -2.36. The minimum atomic E-state index is -0.0929. The summed E-state index contributed by atoms with van der Waals surface area (Å²) in [4.78, 5) is 31.8. The van der Waals surface area contributed by atoms with Gasteiger partial charge in [-0.3, -0.25) is 9.78 Å². The number of carbonyl (C=O) groups is 2. The molecule has 0 radical (unpaired) electrons. The largest absolute Gasteiger partial charge is 0.496 e. The average Bonchev–Trinajstić information content (AvgIpc) is 2.60. The predicted molar refractivity (Wildman–Crippen MR) is 95.5 cm³/mol. The standard InChI is InChI=1S/C18H28N4O3/c1-12-10-19-16(13(2)17(12)25-5)11-20-18(24)22-8-6-15(7-9-22)21(4)14(3)23/h10,15H,6-9,11H2,1-5H3,(H,20,24). The Labute approximate surface area is 149 Å². The van der Waals surface area contributed by atoms with Crippen LogP contribution in [-0.2, 0) is 11.3 Å². The van der Waals surface area contributed by atoms with Crippen LogP contribution >= 0.6 is 0 Å². The number of aryl methyl sites for hydroxylation is 1. The first kappa shape index (κ1) is 19.0. The van der Waals surface area contributed by atoms with E-state index in [4.69, 9.17) is 4.74 Å². The van der Waals surface area contributed by atoms with Gasteiger partial charge in [-0.15, -0.1) is 0 Å². The maximum absolute atomic E-state index is 12.4. The van der Waals surface area contributed by atoms with Crippen LogP contribution in [0.1, 0.15) is 36.6 Å². The summed E-state index contributed by atoms with van der Waals surface area (Å²) in [5, 5.41) is 2.94. The van der Waals surface area contributed by atoms with E-state index in [1.165, 1.54) is 0 Å². The number of pyridine rings is 1. The van der Waals surface area contributed by atoms with E-state index in [9.17, 15) is 9.59 Å².